The molecule has 6 nitrogen and oxygen atoms in total. The Labute approximate surface area is 117 Å². The molecule has 0 atom stereocenters. The van der Waals surface area contributed by atoms with Crippen LogP contribution in [0.25, 0.3) is 0 Å². The number of fused-ring (bicyclic) bond motifs is 1. The van der Waals surface area contributed by atoms with Gasteiger partial charge >= 0.3 is 0 Å². The van der Waals surface area contributed by atoms with Crippen molar-refractivity contribution in [3.63, 3.8) is 0 Å². The van der Waals surface area contributed by atoms with Gasteiger partial charge in [-0.3, -0.25) is 14.9 Å². The first-order chi connectivity index (χ1) is 9.32. The fourth-order valence-corrected chi connectivity index (χ4v) is 2.12. The summed E-state index contributed by atoms with van der Waals surface area (Å²) in [5, 5.41) is 17.2. The Hall–Kier alpha value is -2.11. The van der Waals surface area contributed by atoms with Crippen LogP contribution in [0.1, 0.15) is 39.2 Å². The highest BCUT2D eigenvalue weighted by atomic mass is 16.6. The van der Waals surface area contributed by atoms with Gasteiger partial charge in [0.25, 0.3) is 5.69 Å². The zero-order valence-electron chi connectivity index (χ0n) is 11.9. The van der Waals surface area contributed by atoms with E-state index < -0.39 is 0 Å². The van der Waals surface area contributed by atoms with E-state index in [-0.39, 0.29) is 22.1 Å². The molecule has 0 bridgehead atoms. The van der Waals surface area contributed by atoms with Crippen LogP contribution in [-0.4, -0.2) is 16.4 Å². The van der Waals surface area contributed by atoms with Crippen LogP contribution in [0.15, 0.2) is 12.1 Å². The second-order valence-corrected chi connectivity index (χ2v) is 5.69. The van der Waals surface area contributed by atoms with Crippen LogP contribution in [-0.2, 0) is 11.2 Å². The Bertz CT molecular complexity index is 567. The Morgan fingerprint density at radius 3 is 2.70 bits per heavy atom. The second-order valence-electron chi connectivity index (χ2n) is 5.69. The minimum absolute atomic E-state index is 0.0490. The van der Waals surface area contributed by atoms with Crippen LogP contribution < -0.4 is 10.6 Å². The van der Waals surface area contributed by atoms with Gasteiger partial charge in [0, 0.05) is 23.7 Å². The standard InChI is InChI=1S/C14H19N3O3/c1-4-14(2,3)16-11-8-10-9(5-6-13(18)15-10)7-12(11)17(19)20/h7-8,16H,4-6H2,1-3H3,(H,15,18). The monoisotopic (exact) mass is 277 g/mol. The molecule has 0 spiro atoms. The first-order valence-corrected chi connectivity index (χ1v) is 6.72. The van der Waals surface area contributed by atoms with E-state index in [0.717, 1.165) is 12.0 Å². The summed E-state index contributed by atoms with van der Waals surface area (Å²) in [4.78, 5) is 22.3. The highest BCUT2D eigenvalue weighted by Crippen LogP contribution is 2.35. The summed E-state index contributed by atoms with van der Waals surface area (Å²) < 4.78 is 0. The number of carbonyl (C=O) groups excluding carboxylic acids is 1. The molecule has 0 fully saturated rings. The van der Waals surface area contributed by atoms with E-state index in [4.69, 9.17) is 0 Å². The number of hydrogen-bond acceptors (Lipinski definition) is 4. The van der Waals surface area contributed by atoms with E-state index in [2.05, 4.69) is 10.6 Å². The first-order valence-electron chi connectivity index (χ1n) is 6.72. The van der Waals surface area contributed by atoms with E-state index in [1.54, 1.807) is 12.1 Å². The number of anilines is 2. The SMILES string of the molecule is CCC(C)(C)Nc1cc2c(cc1[N+](=O)[O-])CCC(=O)N2. The van der Waals surface area contributed by atoms with E-state index in [1.807, 2.05) is 20.8 Å². The molecule has 6 heteroatoms. The van der Waals surface area contributed by atoms with Crippen molar-refractivity contribution in [1.29, 1.82) is 0 Å². The molecule has 108 valence electrons. The molecule has 1 heterocycles. The quantitative estimate of drug-likeness (QED) is 0.654. The lowest BCUT2D eigenvalue weighted by atomic mass is 9.98. The summed E-state index contributed by atoms with van der Waals surface area (Å²) in [6.45, 7) is 5.97. The minimum atomic E-state index is -0.384. The molecule has 0 saturated heterocycles. The van der Waals surface area contributed by atoms with Crippen molar-refractivity contribution >= 4 is 23.0 Å². The molecule has 0 radical (unpaired) electrons. The zero-order chi connectivity index (χ0) is 14.9. The van der Waals surface area contributed by atoms with Gasteiger partial charge in [-0.2, -0.15) is 0 Å². The van der Waals surface area contributed by atoms with E-state index in [0.29, 0.717) is 24.2 Å². The van der Waals surface area contributed by atoms with Crippen LogP contribution in [0.5, 0.6) is 0 Å². The van der Waals surface area contributed by atoms with Crippen molar-refractivity contribution in [3.05, 3.63) is 27.8 Å². The number of nitrogens with zero attached hydrogens (tertiary/aromatic N) is 1. The minimum Gasteiger partial charge on any atom is -0.375 e. The van der Waals surface area contributed by atoms with Crippen LogP contribution in [0.3, 0.4) is 0 Å². The zero-order valence-corrected chi connectivity index (χ0v) is 11.9. The Kier molecular flexibility index (Phi) is 3.65. The van der Waals surface area contributed by atoms with Gasteiger partial charge in [-0.05, 0) is 38.3 Å². The number of benzene rings is 1. The molecule has 2 rings (SSSR count). The molecule has 1 aromatic rings. The van der Waals surface area contributed by atoms with Crippen molar-refractivity contribution in [2.75, 3.05) is 10.6 Å². The lowest BCUT2D eigenvalue weighted by Crippen LogP contribution is -2.30. The van der Waals surface area contributed by atoms with Crippen LogP contribution >= 0.6 is 0 Å². The topological polar surface area (TPSA) is 84.3 Å². The fourth-order valence-electron chi connectivity index (χ4n) is 2.12. The summed E-state index contributed by atoms with van der Waals surface area (Å²) in [6.07, 6.45) is 1.74. The van der Waals surface area contributed by atoms with Crippen molar-refractivity contribution in [2.45, 2.75) is 45.6 Å². The molecule has 0 aromatic heterocycles. The number of hydrogen-bond donors (Lipinski definition) is 2. The number of nitrogens with one attached hydrogen (secondary N) is 2. The van der Waals surface area contributed by atoms with Gasteiger partial charge in [0.2, 0.25) is 5.91 Å². The highest BCUT2D eigenvalue weighted by molar-refractivity contribution is 5.95. The Morgan fingerprint density at radius 1 is 1.40 bits per heavy atom. The molecule has 0 unspecified atom stereocenters. The number of nitro benzene ring substituents is 1. The molecule has 0 saturated carbocycles. The predicted molar refractivity (Wildman–Crippen MR) is 78.0 cm³/mol. The Morgan fingerprint density at radius 2 is 2.10 bits per heavy atom. The molecule has 2 N–H and O–H groups in total. The lowest BCUT2D eigenvalue weighted by molar-refractivity contribution is -0.384. The molecule has 1 aliphatic heterocycles. The van der Waals surface area contributed by atoms with E-state index in [9.17, 15) is 14.9 Å². The highest BCUT2D eigenvalue weighted by Gasteiger charge is 2.25. The maximum atomic E-state index is 11.4. The first kappa shape index (κ1) is 14.3. The largest absolute Gasteiger partial charge is 0.375 e. The number of carbonyl (C=O) groups is 1. The molecule has 1 amide bonds. The smallest absolute Gasteiger partial charge is 0.292 e. The summed E-state index contributed by atoms with van der Waals surface area (Å²) in [5.41, 5.74) is 1.74. The third-order valence-corrected chi connectivity index (χ3v) is 3.67. The molecular formula is C14H19N3O3. The second kappa shape index (κ2) is 5.11. The van der Waals surface area contributed by atoms with E-state index in [1.165, 1.54) is 0 Å². The third-order valence-electron chi connectivity index (χ3n) is 3.67. The fraction of sp³-hybridized carbons (Fsp3) is 0.500. The maximum absolute atomic E-state index is 11.4. The van der Waals surface area contributed by atoms with E-state index >= 15 is 0 Å². The van der Waals surface area contributed by atoms with Gasteiger partial charge in [-0.1, -0.05) is 6.92 Å². The number of aryl methyl sites for hydroxylation is 1. The van der Waals surface area contributed by atoms with Gasteiger partial charge < -0.3 is 10.6 Å². The lowest BCUT2D eigenvalue weighted by Gasteiger charge is -2.27. The Balaban J connectivity index is 2.46. The van der Waals surface area contributed by atoms with Crippen molar-refractivity contribution in [3.8, 4) is 0 Å². The summed E-state index contributed by atoms with van der Waals surface area (Å²) >= 11 is 0. The normalized spacial score (nSPS) is 14.4. The van der Waals surface area contributed by atoms with Crippen molar-refractivity contribution in [1.82, 2.24) is 0 Å². The summed E-state index contributed by atoms with van der Waals surface area (Å²) in [6, 6.07) is 3.23. The van der Waals surface area contributed by atoms with Crippen molar-refractivity contribution < 1.29 is 9.72 Å². The van der Waals surface area contributed by atoms with Gasteiger partial charge in [-0.25, -0.2) is 0 Å². The van der Waals surface area contributed by atoms with Gasteiger partial charge in [0.05, 0.1) is 4.92 Å². The molecule has 1 aromatic carbocycles. The molecular weight excluding hydrogens is 258 g/mol. The van der Waals surface area contributed by atoms with Crippen LogP contribution in [0.2, 0.25) is 0 Å². The summed E-state index contributed by atoms with van der Waals surface area (Å²) in [7, 11) is 0. The molecule has 20 heavy (non-hydrogen) atoms. The molecule has 1 aliphatic rings. The number of rotatable bonds is 4. The third kappa shape index (κ3) is 2.89. The van der Waals surface area contributed by atoms with Crippen molar-refractivity contribution in [2.24, 2.45) is 0 Å². The van der Waals surface area contributed by atoms with Crippen LogP contribution in [0.4, 0.5) is 17.1 Å². The maximum Gasteiger partial charge on any atom is 0.292 e. The predicted octanol–water partition coefficient (Wildman–Crippen LogP) is 3.08. The number of nitro groups is 1. The van der Waals surface area contributed by atoms with Gasteiger partial charge in [0.1, 0.15) is 5.69 Å². The molecule has 0 aliphatic carbocycles. The van der Waals surface area contributed by atoms with Crippen LogP contribution in [0, 0.1) is 10.1 Å². The average Bonchev–Trinajstić information content (AvgIpc) is 2.37. The average molecular weight is 277 g/mol. The van der Waals surface area contributed by atoms with Gasteiger partial charge in [0.15, 0.2) is 0 Å². The summed E-state index contributed by atoms with van der Waals surface area (Å²) in [5.74, 6) is -0.0490. The van der Waals surface area contributed by atoms with Gasteiger partial charge in [-0.15, -0.1) is 0 Å². The number of amides is 1.